The van der Waals surface area contributed by atoms with Gasteiger partial charge in [0.1, 0.15) is 0 Å². The van der Waals surface area contributed by atoms with Gasteiger partial charge in [-0.3, -0.25) is 0 Å². The number of fused-ring (bicyclic) bond motifs is 6. The Morgan fingerprint density at radius 3 is 1.38 bits per heavy atom. The number of aromatic nitrogens is 2. The monoisotopic (exact) mass is 636 g/mol. The average Bonchev–Trinajstić information content (AvgIpc) is 3.71. The molecule has 0 saturated carbocycles. The molecular weight excluding hydrogens is 605 g/mol. The van der Waals surface area contributed by atoms with E-state index in [1.165, 1.54) is 82.7 Å². The summed E-state index contributed by atoms with van der Waals surface area (Å²) in [5, 5.41) is 5.05. The Labute approximate surface area is 290 Å². The first-order chi connectivity index (χ1) is 24.8. The molecular formula is C48H32N2. The third-order valence-corrected chi connectivity index (χ3v) is 10.1. The van der Waals surface area contributed by atoms with Crippen molar-refractivity contribution in [3.8, 4) is 44.8 Å². The van der Waals surface area contributed by atoms with E-state index in [4.69, 9.17) is 0 Å². The lowest BCUT2D eigenvalue weighted by atomic mass is 9.98. The third-order valence-electron chi connectivity index (χ3n) is 10.1. The van der Waals surface area contributed by atoms with Crippen LogP contribution in [-0.2, 0) is 0 Å². The van der Waals surface area contributed by atoms with Gasteiger partial charge in [-0.2, -0.15) is 0 Å². The van der Waals surface area contributed by atoms with Gasteiger partial charge in [0.2, 0.25) is 0 Å². The maximum atomic E-state index is 2.41. The second-order valence-electron chi connectivity index (χ2n) is 13.0. The summed E-state index contributed by atoms with van der Waals surface area (Å²) in [7, 11) is 0. The minimum absolute atomic E-state index is 1.16. The van der Waals surface area contributed by atoms with Gasteiger partial charge in [0, 0.05) is 32.9 Å². The molecule has 0 atom stereocenters. The van der Waals surface area contributed by atoms with Gasteiger partial charge in [-0.15, -0.1) is 0 Å². The first-order valence-electron chi connectivity index (χ1n) is 17.2. The van der Waals surface area contributed by atoms with Crippen LogP contribution >= 0.6 is 0 Å². The van der Waals surface area contributed by atoms with Crippen LogP contribution in [0.4, 0.5) is 0 Å². The maximum absolute atomic E-state index is 2.41. The van der Waals surface area contributed by atoms with Crippen LogP contribution in [0.1, 0.15) is 0 Å². The number of nitrogens with zero attached hydrogens (tertiary/aromatic N) is 2. The highest BCUT2D eigenvalue weighted by molar-refractivity contribution is 6.11. The molecule has 2 heterocycles. The summed E-state index contributed by atoms with van der Waals surface area (Å²) in [5.74, 6) is 0. The zero-order chi connectivity index (χ0) is 33.0. The fourth-order valence-corrected chi connectivity index (χ4v) is 7.75. The van der Waals surface area contributed by atoms with Crippen LogP contribution < -0.4 is 0 Å². The Morgan fingerprint density at radius 1 is 0.220 bits per heavy atom. The van der Waals surface area contributed by atoms with Crippen LogP contribution in [0.5, 0.6) is 0 Å². The molecule has 50 heavy (non-hydrogen) atoms. The number of hydrogen-bond donors (Lipinski definition) is 0. The molecule has 0 aliphatic carbocycles. The van der Waals surface area contributed by atoms with Gasteiger partial charge < -0.3 is 9.13 Å². The Balaban J connectivity index is 1.06. The molecule has 0 amide bonds. The van der Waals surface area contributed by atoms with Crippen LogP contribution in [0.15, 0.2) is 194 Å². The van der Waals surface area contributed by atoms with E-state index in [1.807, 2.05) is 0 Å². The van der Waals surface area contributed by atoms with Crippen LogP contribution in [0.3, 0.4) is 0 Å². The first-order valence-corrected chi connectivity index (χ1v) is 17.2. The Bertz CT molecular complexity index is 2840. The molecule has 2 nitrogen and oxygen atoms in total. The van der Waals surface area contributed by atoms with Gasteiger partial charge in [-0.25, -0.2) is 0 Å². The molecule has 2 aromatic heterocycles. The van der Waals surface area contributed by atoms with Gasteiger partial charge in [-0.05, 0) is 88.0 Å². The highest BCUT2D eigenvalue weighted by Gasteiger charge is 2.15. The first kappa shape index (κ1) is 28.4. The average molecular weight is 637 g/mol. The number of rotatable bonds is 5. The fraction of sp³-hybridized carbons (Fsp3) is 0. The van der Waals surface area contributed by atoms with Crippen molar-refractivity contribution in [1.82, 2.24) is 9.13 Å². The largest absolute Gasteiger partial charge is 0.309 e. The maximum Gasteiger partial charge on any atom is 0.0547 e. The van der Waals surface area contributed by atoms with Crippen molar-refractivity contribution < 1.29 is 0 Å². The van der Waals surface area contributed by atoms with E-state index in [0.717, 1.165) is 5.69 Å². The van der Waals surface area contributed by atoms with E-state index in [-0.39, 0.29) is 0 Å². The van der Waals surface area contributed by atoms with E-state index in [2.05, 4.69) is 203 Å². The molecule has 0 saturated heterocycles. The SMILES string of the molecule is c1ccc(-c2cccc(-n3c4ccccc4c4ccc(-c5ccc(-c6ccc7c(c6)c6ccccc6n7-c6ccccc6)cc5)cc43)c2)cc1. The van der Waals surface area contributed by atoms with E-state index >= 15 is 0 Å². The number of benzene rings is 8. The van der Waals surface area contributed by atoms with Crippen molar-refractivity contribution >= 4 is 43.6 Å². The smallest absolute Gasteiger partial charge is 0.0547 e. The zero-order valence-corrected chi connectivity index (χ0v) is 27.4. The van der Waals surface area contributed by atoms with Crippen molar-refractivity contribution in [2.75, 3.05) is 0 Å². The predicted molar refractivity (Wildman–Crippen MR) is 211 cm³/mol. The lowest BCUT2D eigenvalue weighted by Gasteiger charge is -2.11. The predicted octanol–water partition coefficient (Wildman–Crippen LogP) is 12.9. The molecule has 2 heteroatoms. The van der Waals surface area contributed by atoms with Crippen LogP contribution in [-0.4, -0.2) is 9.13 Å². The summed E-state index contributed by atoms with van der Waals surface area (Å²) in [6, 6.07) is 70.4. The lowest BCUT2D eigenvalue weighted by Crippen LogP contribution is -1.94. The van der Waals surface area contributed by atoms with Crippen LogP contribution in [0, 0.1) is 0 Å². The second kappa shape index (κ2) is 11.5. The quantitative estimate of drug-likeness (QED) is 0.178. The minimum atomic E-state index is 1.16. The van der Waals surface area contributed by atoms with E-state index in [9.17, 15) is 0 Å². The number of hydrogen-bond acceptors (Lipinski definition) is 0. The van der Waals surface area contributed by atoms with Gasteiger partial charge in [0.15, 0.2) is 0 Å². The Hall–Kier alpha value is -6.64. The Morgan fingerprint density at radius 2 is 0.660 bits per heavy atom. The van der Waals surface area contributed by atoms with Crippen molar-refractivity contribution in [2.24, 2.45) is 0 Å². The normalized spacial score (nSPS) is 11.6. The summed E-state index contributed by atoms with van der Waals surface area (Å²) < 4.78 is 4.78. The molecule has 0 radical (unpaired) electrons. The van der Waals surface area contributed by atoms with E-state index in [0.29, 0.717) is 0 Å². The molecule has 10 aromatic rings. The summed E-state index contributed by atoms with van der Waals surface area (Å²) in [4.78, 5) is 0. The van der Waals surface area contributed by atoms with Crippen LogP contribution in [0.2, 0.25) is 0 Å². The Kier molecular flexibility index (Phi) is 6.53. The number of para-hydroxylation sites is 3. The van der Waals surface area contributed by atoms with Gasteiger partial charge in [0.05, 0.1) is 22.1 Å². The molecule has 0 N–H and O–H groups in total. The van der Waals surface area contributed by atoms with Crippen LogP contribution in [0.25, 0.3) is 88.4 Å². The third kappa shape index (κ3) is 4.57. The molecule has 0 aliphatic rings. The summed E-state index contributed by atoms with van der Waals surface area (Å²) in [6.07, 6.45) is 0. The second-order valence-corrected chi connectivity index (χ2v) is 13.0. The summed E-state index contributed by atoms with van der Waals surface area (Å²) >= 11 is 0. The summed E-state index contributed by atoms with van der Waals surface area (Å²) in [6.45, 7) is 0. The summed E-state index contributed by atoms with van der Waals surface area (Å²) in [5.41, 5.74) is 14.5. The zero-order valence-electron chi connectivity index (χ0n) is 27.4. The molecule has 0 fully saturated rings. The molecule has 234 valence electrons. The fourth-order valence-electron chi connectivity index (χ4n) is 7.75. The van der Waals surface area contributed by atoms with Crippen molar-refractivity contribution in [2.45, 2.75) is 0 Å². The molecule has 0 bridgehead atoms. The molecule has 0 aliphatic heterocycles. The molecule has 0 unspecified atom stereocenters. The van der Waals surface area contributed by atoms with Gasteiger partial charge in [-0.1, -0.05) is 140 Å². The van der Waals surface area contributed by atoms with E-state index < -0.39 is 0 Å². The standard InChI is InChI=1S/C48H32N2/c1-3-12-33(13-4-1)36-14-11-17-40(30-36)50-45-20-9-7-18-41(45)43-28-26-38(32-48(43)50)35-24-22-34(23-25-35)37-27-29-47-44(31-37)42-19-8-10-21-46(42)49(47)39-15-5-2-6-16-39/h1-32H. The van der Waals surface area contributed by atoms with E-state index in [1.54, 1.807) is 0 Å². The highest BCUT2D eigenvalue weighted by Crippen LogP contribution is 2.38. The molecule has 0 spiro atoms. The lowest BCUT2D eigenvalue weighted by molar-refractivity contribution is 1.18. The topological polar surface area (TPSA) is 9.86 Å². The van der Waals surface area contributed by atoms with Crippen molar-refractivity contribution in [3.05, 3.63) is 194 Å². The molecule has 10 rings (SSSR count). The molecule has 8 aromatic carbocycles. The van der Waals surface area contributed by atoms with Gasteiger partial charge in [0.25, 0.3) is 0 Å². The highest BCUT2D eigenvalue weighted by atomic mass is 15.0. The minimum Gasteiger partial charge on any atom is -0.309 e. The van der Waals surface area contributed by atoms with Crippen molar-refractivity contribution in [3.63, 3.8) is 0 Å². The van der Waals surface area contributed by atoms with Crippen molar-refractivity contribution in [1.29, 1.82) is 0 Å². The van der Waals surface area contributed by atoms with Gasteiger partial charge >= 0.3 is 0 Å².